The van der Waals surface area contributed by atoms with Crippen LogP contribution in [-0.2, 0) is 0 Å². The minimum atomic E-state index is 0.172. The molecule has 15 heavy (non-hydrogen) atoms. The molecule has 1 atom stereocenters. The first-order chi connectivity index (χ1) is 7.17. The molecule has 84 valence electrons. The number of aliphatic hydroxyl groups excluding tert-OH is 1. The lowest BCUT2D eigenvalue weighted by Gasteiger charge is -2.17. The standard InChI is InChI=1S/C10H18N4O/c1-3-8(4-5-15)13-9-7(2)6-12-10(11)14-9/h6,8,15H,3-5H2,1-2H3,(H3,11,12,13,14). The van der Waals surface area contributed by atoms with Crippen LogP contribution in [0.4, 0.5) is 11.8 Å². The van der Waals surface area contributed by atoms with E-state index < -0.39 is 0 Å². The zero-order valence-electron chi connectivity index (χ0n) is 9.20. The number of nitrogen functional groups attached to an aromatic ring is 1. The van der Waals surface area contributed by atoms with Gasteiger partial charge in [-0.3, -0.25) is 0 Å². The first kappa shape index (κ1) is 11.7. The fourth-order valence-electron chi connectivity index (χ4n) is 1.33. The van der Waals surface area contributed by atoms with Gasteiger partial charge < -0.3 is 16.2 Å². The first-order valence-electron chi connectivity index (χ1n) is 5.13. The molecule has 0 aliphatic rings. The number of rotatable bonds is 5. The second kappa shape index (κ2) is 5.50. The maximum atomic E-state index is 8.87. The minimum Gasteiger partial charge on any atom is -0.396 e. The zero-order valence-corrected chi connectivity index (χ0v) is 9.20. The lowest BCUT2D eigenvalue weighted by molar-refractivity contribution is 0.278. The molecule has 0 fully saturated rings. The van der Waals surface area contributed by atoms with Crippen molar-refractivity contribution in [1.29, 1.82) is 0 Å². The lowest BCUT2D eigenvalue weighted by Crippen LogP contribution is -2.21. The van der Waals surface area contributed by atoms with Crippen LogP contribution in [0, 0.1) is 6.92 Å². The fraction of sp³-hybridized carbons (Fsp3) is 0.600. The summed E-state index contributed by atoms with van der Waals surface area (Å²) in [7, 11) is 0. The quantitative estimate of drug-likeness (QED) is 0.673. The molecule has 0 amide bonds. The lowest BCUT2D eigenvalue weighted by atomic mass is 10.1. The van der Waals surface area contributed by atoms with E-state index in [0.29, 0.717) is 6.42 Å². The van der Waals surface area contributed by atoms with Crippen molar-refractivity contribution in [3.05, 3.63) is 11.8 Å². The molecule has 1 aromatic heterocycles. The summed E-state index contributed by atoms with van der Waals surface area (Å²) < 4.78 is 0. The minimum absolute atomic E-state index is 0.172. The van der Waals surface area contributed by atoms with Crippen LogP contribution in [-0.4, -0.2) is 27.7 Å². The van der Waals surface area contributed by atoms with Gasteiger partial charge in [0.05, 0.1) is 0 Å². The average Bonchev–Trinajstić information content (AvgIpc) is 2.22. The molecule has 0 saturated carbocycles. The third kappa shape index (κ3) is 3.36. The Balaban J connectivity index is 2.73. The molecule has 0 spiro atoms. The molecule has 0 aliphatic heterocycles. The number of nitrogens with one attached hydrogen (secondary N) is 1. The first-order valence-corrected chi connectivity index (χ1v) is 5.13. The van der Waals surface area contributed by atoms with Gasteiger partial charge in [0.1, 0.15) is 5.82 Å². The van der Waals surface area contributed by atoms with E-state index in [0.717, 1.165) is 17.8 Å². The summed E-state index contributed by atoms with van der Waals surface area (Å²) in [5, 5.41) is 12.1. The molecule has 1 aromatic rings. The van der Waals surface area contributed by atoms with E-state index in [1.54, 1.807) is 6.20 Å². The van der Waals surface area contributed by atoms with Gasteiger partial charge in [0.2, 0.25) is 5.95 Å². The van der Waals surface area contributed by atoms with Crippen LogP contribution >= 0.6 is 0 Å². The number of hydrogen-bond donors (Lipinski definition) is 3. The Bertz CT molecular complexity index is 316. The molecule has 1 unspecified atom stereocenters. The zero-order chi connectivity index (χ0) is 11.3. The van der Waals surface area contributed by atoms with E-state index in [-0.39, 0.29) is 18.6 Å². The second-order valence-electron chi connectivity index (χ2n) is 3.52. The Morgan fingerprint density at radius 1 is 1.60 bits per heavy atom. The normalized spacial score (nSPS) is 12.5. The van der Waals surface area contributed by atoms with Crippen LogP contribution in [0.1, 0.15) is 25.3 Å². The van der Waals surface area contributed by atoms with E-state index in [4.69, 9.17) is 10.8 Å². The smallest absolute Gasteiger partial charge is 0.221 e. The molecule has 0 radical (unpaired) electrons. The van der Waals surface area contributed by atoms with E-state index in [1.807, 2.05) is 6.92 Å². The highest BCUT2D eigenvalue weighted by atomic mass is 16.3. The summed E-state index contributed by atoms with van der Waals surface area (Å²) in [6.07, 6.45) is 3.33. The van der Waals surface area contributed by atoms with Gasteiger partial charge in [-0.1, -0.05) is 6.92 Å². The van der Waals surface area contributed by atoms with E-state index >= 15 is 0 Å². The van der Waals surface area contributed by atoms with Gasteiger partial charge >= 0.3 is 0 Å². The Hall–Kier alpha value is -1.36. The summed E-state index contributed by atoms with van der Waals surface area (Å²) in [5.41, 5.74) is 6.47. The van der Waals surface area contributed by atoms with Crippen molar-refractivity contribution in [3.8, 4) is 0 Å². The van der Waals surface area contributed by atoms with Gasteiger partial charge in [-0.25, -0.2) is 4.98 Å². The number of hydrogen-bond acceptors (Lipinski definition) is 5. The average molecular weight is 210 g/mol. The maximum absolute atomic E-state index is 8.87. The Morgan fingerprint density at radius 2 is 2.33 bits per heavy atom. The highest BCUT2D eigenvalue weighted by molar-refractivity contribution is 5.45. The van der Waals surface area contributed by atoms with Crippen molar-refractivity contribution in [3.63, 3.8) is 0 Å². The van der Waals surface area contributed by atoms with Crippen LogP contribution in [0.25, 0.3) is 0 Å². The van der Waals surface area contributed by atoms with E-state index in [9.17, 15) is 0 Å². The van der Waals surface area contributed by atoms with Crippen LogP contribution in [0.5, 0.6) is 0 Å². The third-order valence-electron chi connectivity index (χ3n) is 2.30. The van der Waals surface area contributed by atoms with Crippen molar-refractivity contribution >= 4 is 11.8 Å². The van der Waals surface area contributed by atoms with Crippen LogP contribution in [0.3, 0.4) is 0 Å². The number of nitrogens with two attached hydrogens (primary N) is 1. The molecule has 0 aliphatic carbocycles. The van der Waals surface area contributed by atoms with Crippen molar-refractivity contribution in [2.24, 2.45) is 0 Å². The fourth-order valence-corrected chi connectivity index (χ4v) is 1.33. The van der Waals surface area contributed by atoms with Gasteiger partial charge in [-0.15, -0.1) is 0 Å². The SMILES string of the molecule is CCC(CCO)Nc1nc(N)ncc1C. The Morgan fingerprint density at radius 3 is 2.93 bits per heavy atom. The number of anilines is 2. The van der Waals surface area contributed by atoms with Gasteiger partial charge in [0.25, 0.3) is 0 Å². The molecule has 0 aromatic carbocycles. The summed E-state index contributed by atoms with van der Waals surface area (Å²) in [4.78, 5) is 8.01. The number of aliphatic hydroxyl groups is 1. The summed E-state index contributed by atoms with van der Waals surface area (Å²) in [6, 6.07) is 0.225. The summed E-state index contributed by atoms with van der Waals surface area (Å²) in [6.45, 7) is 4.16. The van der Waals surface area contributed by atoms with E-state index in [2.05, 4.69) is 22.2 Å². The highest BCUT2D eigenvalue weighted by Crippen LogP contribution is 2.14. The predicted octanol–water partition coefficient (Wildman–Crippen LogP) is 0.940. The van der Waals surface area contributed by atoms with Crippen molar-refractivity contribution in [2.45, 2.75) is 32.7 Å². The molecule has 0 saturated heterocycles. The van der Waals surface area contributed by atoms with Crippen LogP contribution in [0.2, 0.25) is 0 Å². The van der Waals surface area contributed by atoms with Gasteiger partial charge in [0, 0.05) is 24.4 Å². The van der Waals surface area contributed by atoms with E-state index in [1.165, 1.54) is 0 Å². The molecule has 5 nitrogen and oxygen atoms in total. The van der Waals surface area contributed by atoms with Crippen molar-refractivity contribution in [2.75, 3.05) is 17.7 Å². The molecule has 1 heterocycles. The maximum Gasteiger partial charge on any atom is 0.221 e. The molecule has 1 rings (SSSR count). The number of aromatic nitrogens is 2. The monoisotopic (exact) mass is 210 g/mol. The van der Waals surface area contributed by atoms with Crippen molar-refractivity contribution in [1.82, 2.24) is 9.97 Å². The summed E-state index contributed by atoms with van der Waals surface area (Å²) >= 11 is 0. The van der Waals surface area contributed by atoms with Gasteiger partial charge in [0.15, 0.2) is 0 Å². The molecule has 0 bridgehead atoms. The number of aryl methyl sites for hydroxylation is 1. The van der Waals surface area contributed by atoms with Crippen molar-refractivity contribution < 1.29 is 5.11 Å². The van der Waals surface area contributed by atoms with Gasteiger partial charge in [-0.2, -0.15) is 4.98 Å². The Kier molecular flexibility index (Phi) is 4.30. The molecular weight excluding hydrogens is 192 g/mol. The van der Waals surface area contributed by atoms with Crippen LogP contribution in [0.15, 0.2) is 6.20 Å². The topological polar surface area (TPSA) is 84.1 Å². The molecule has 5 heteroatoms. The summed E-state index contributed by atoms with van der Waals surface area (Å²) in [5.74, 6) is 1.02. The van der Waals surface area contributed by atoms with Crippen LogP contribution < -0.4 is 11.1 Å². The molecular formula is C10H18N4O. The third-order valence-corrected chi connectivity index (χ3v) is 2.30. The largest absolute Gasteiger partial charge is 0.396 e. The predicted molar refractivity (Wildman–Crippen MR) is 60.6 cm³/mol. The number of nitrogens with zero attached hydrogens (tertiary/aromatic N) is 2. The highest BCUT2D eigenvalue weighted by Gasteiger charge is 2.08. The molecule has 4 N–H and O–H groups in total. The van der Waals surface area contributed by atoms with Gasteiger partial charge in [-0.05, 0) is 19.8 Å². The second-order valence-corrected chi connectivity index (χ2v) is 3.52. The Labute approximate surface area is 89.7 Å².